The van der Waals surface area contributed by atoms with Gasteiger partial charge >= 0.3 is 0 Å². The van der Waals surface area contributed by atoms with Crippen molar-refractivity contribution in [2.24, 2.45) is 0 Å². The topological polar surface area (TPSA) is 34.4 Å². The Morgan fingerprint density at radius 2 is 2.20 bits per heavy atom. The molecular formula is C15H17BrClNO2. The first kappa shape index (κ1) is 15.4. The fraction of sp³-hybridized carbons (Fsp3) is 0.333. The lowest BCUT2D eigenvalue weighted by Crippen LogP contribution is -2.23. The van der Waals surface area contributed by atoms with E-state index in [1.807, 2.05) is 24.3 Å². The molecule has 0 aliphatic rings. The minimum absolute atomic E-state index is 0.106. The first-order valence-electron chi connectivity index (χ1n) is 6.44. The molecule has 5 heteroatoms. The molecule has 1 N–H and O–H groups in total. The highest BCUT2D eigenvalue weighted by molar-refractivity contribution is 9.10. The van der Waals surface area contributed by atoms with Crippen LogP contribution in [0.25, 0.3) is 0 Å². The molecule has 0 saturated heterocycles. The van der Waals surface area contributed by atoms with E-state index >= 15 is 0 Å². The Kier molecular flexibility index (Phi) is 5.52. The molecule has 2 aromatic rings. The van der Waals surface area contributed by atoms with E-state index < -0.39 is 0 Å². The van der Waals surface area contributed by atoms with Gasteiger partial charge in [0.1, 0.15) is 5.75 Å². The molecule has 0 fully saturated rings. The van der Waals surface area contributed by atoms with Gasteiger partial charge in [0.25, 0.3) is 0 Å². The number of nitrogens with one attached hydrogen (secondary N) is 1. The predicted octanol–water partition coefficient (Wildman–Crippen LogP) is 4.60. The Morgan fingerprint density at radius 3 is 2.80 bits per heavy atom. The smallest absolute Gasteiger partial charge is 0.197 e. The Bertz CT molecular complexity index is 571. The van der Waals surface area contributed by atoms with E-state index in [9.17, 15) is 0 Å². The van der Waals surface area contributed by atoms with Gasteiger partial charge in [-0.05, 0) is 54.4 Å². The summed E-state index contributed by atoms with van der Waals surface area (Å²) in [7, 11) is 1.67. The number of rotatable bonds is 6. The number of ether oxygens (including phenoxy) is 1. The molecule has 0 radical (unpaired) electrons. The van der Waals surface area contributed by atoms with E-state index in [-0.39, 0.29) is 6.04 Å². The Labute approximate surface area is 132 Å². The molecule has 0 aliphatic carbocycles. The van der Waals surface area contributed by atoms with E-state index in [1.54, 1.807) is 13.4 Å². The van der Waals surface area contributed by atoms with E-state index in [1.165, 1.54) is 0 Å². The van der Waals surface area contributed by atoms with Crippen LogP contribution in [0, 0.1) is 0 Å². The third kappa shape index (κ3) is 3.57. The van der Waals surface area contributed by atoms with Gasteiger partial charge in [0.05, 0.1) is 13.4 Å². The van der Waals surface area contributed by atoms with Crippen LogP contribution in [-0.2, 0) is 6.42 Å². The molecule has 1 unspecified atom stereocenters. The lowest BCUT2D eigenvalue weighted by molar-refractivity contribution is 0.413. The highest BCUT2D eigenvalue weighted by Gasteiger charge is 2.18. The maximum absolute atomic E-state index is 6.09. The maximum atomic E-state index is 6.09. The minimum Gasteiger partial charge on any atom is -0.497 e. The molecule has 1 aromatic heterocycles. The fourth-order valence-electron chi connectivity index (χ4n) is 2.15. The van der Waals surface area contributed by atoms with E-state index in [0.29, 0.717) is 5.22 Å². The van der Waals surface area contributed by atoms with Crippen LogP contribution in [0.1, 0.15) is 24.1 Å². The van der Waals surface area contributed by atoms with Crippen molar-refractivity contribution in [3.8, 4) is 5.75 Å². The Balaban J connectivity index is 2.26. The van der Waals surface area contributed by atoms with Crippen molar-refractivity contribution >= 4 is 27.5 Å². The largest absolute Gasteiger partial charge is 0.497 e. The third-order valence-corrected chi connectivity index (χ3v) is 4.23. The van der Waals surface area contributed by atoms with Gasteiger partial charge in [0.15, 0.2) is 5.22 Å². The molecule has 0 bridgehead atoms. The van der Waals surface area contributed by atoms with Gasteiger partial charge in [-0.1, -0.05) is 22.9 Å². The summed E-state index contributed by atoms with van der Waals surface area (Å²) in [5, 5.41) is 3.87. The average Bonchev–Trinajstić information content (AvgIpc) is 2.86. The van der Waals surface area contributed by atoms with Crippen molar-refractivity contribution in [3.63, 3.8) is 0 Å². The number of likely N-dealkylation sites (N-methyl/N-ethyl adjacent to an activating group) is 1. The monoisotopic (exact) mass is 357 g/mol. The van der Waals surface area contributed by atoms with E-state index in [4.69, 9.17) is 20.8 Å². The van der Waals surface area contributed by atoms with Crippen molar-refractivity contribution in [2.75, 3.05) is 13.7 Å². The summed E-state index contributed by atoms with van der Waals surface area (Å²) in [5.74, 6) is 0.844. The zero-order chi connectivity index (χ0) is 14.5. The summed E-state index contributed by atoms with van der Waals surface area (Å²) in [4.78, 5) is 0. The zero-order valence-electron chi connectivity index (χ0n) is 11.5. The summed E-state index contributed by atoms with van der Waals surface area (Å²) in [5.41, 5.74) is 2.14. The first-order valence-corrected chi connectivity index (χ1v) is 7.61. The zero-order valence-corrected chi connectivity index (χ0v) is 13.8. The second-order valence-electron chi connectivity index (χ2n) is 4.42. The van der Waals surface area contributed by atoms with Crippen LogP contribution in [0.4, 0.5) is 0 Å². The molecule has 0 aliphatic heterocycles. The summed E-state index contributed by atoms with van der Waals surface area (Å²) in [6, 6.07) is 7.97. The molecule has 3 nitrogen and oxygen atoms in total. The van der Waals surface area contributed by atoms with Gasteiger partial charge in [-0.2, -0.15) is 0 Å². The van der Waals surface area contributed by atoms with Crippen molar-refractivity contribution in [1.82, 2.24) is 5.32 Å². The quantitative estimate of drug-likeness (QED) is 0.819. The van der Waals surface area contributed by atoms with Crippen LogP contribution in [0.2, 0.25) is 5.22 Å². The highest BCUT2D eigenvalue weighted by Crippen LogP contribution is 2.30. The number of benzene rings is 1. The van der Waals surface area contributed by atoms with Crippen LogP contribution in [0.3, 0.4) is 0 Å². The molecule has 0 saturated carbocycles. The number of halogens is 2. The number of furan rings is 1. The molecule has 1 heterocycles. The van der Waals surface area contributed by atoms with E-state index in [2.05, 4.69) is 28.2 Å². The Hall–Kier alpha value is -0.970. The van der Waals surface area contributed by atoms with Crippen LogP contribution < -0.4 is 10.1 Å². The van der Waals surface area contributed by atoms with Crippen molar-refractivity contribution in [1.29, 1.82) is 0 Å². The van der Waals surface area contributed by atoms with Crippen LogP contribution in [0.5, 0.6) is 5.75 Å². The molecule has 0 spiro atoms. The average molecular weight is 359 g/mol. The maximum Gasteiger partial charge on any atom is 0.197 e. The molecule has 108 valence electrons. The Morgan fingerprint density at radius 1 is 1.40 bits per heavy atom. The number of methoxy groups -OCH3 is 1. The summed E-state index contributed by atoms with van der Waals surface area (Å²) in [6.45, 7) is 2.93. The highest BCUT2D eigenvalue weighted by atomic mass is 79.9. The standard InChI is InChI=1S/C15H17BrClNO2/c1-3-18-14(12-6-7-20-15(12)17)9-10-8-11(19-2)4-5-13(10)16/h4-8,14,18H,3,9H2,1-2H3. The van der Waals surface area contributed by atoms with Crippen molar-refractivity contribution in [3.05, 3.63) is 51.3 Å². The summed E-state index contributed by atoms with van der Waals surface area (Å²) >= 11 is 9.67. The molecular weight excluding hydrogens is 342 g/mol. The van der Waals surface area contributed by atoms with Crippen LogP contribution >= 0.6 is 27.5 Å². The lowest BCUT2D eigenvalue weighted by Gasteiger charge is -2.18. The molecule has 1 atom stereocenters. The van der Waals surface area contributed by atoms with Gasteiger partial charge in [-0.15, -0.1) is 0 Å². The molecule has 1 aromatic carbocycles. The van der Waals surface area contributed by atoms with Crippen molar-refractivity contribution in [2.45, 2.75) is 19.4 Å². The van der Waals surface area contributed by atoms with Gasteiger partial charge in [-0.25, -0.2) is 0 Å². The van der Waals surface area contributed by atoms with Gasteiger partial charge in [0.2, 0.25) is 0 Å². The SMILES string of the molecule is CCNC(Cc1cc(OC)ccc1Br)c1ccoc1Cl. The van der Waals surface area contributed by atoms with Crippen LogP contribution in [0.15, 0.2) is 39.4 Å². The molecule has 20 heavy (non-hydrogen) atoms. The van der Waals surface area contributed by atoms with E-state index in [0.717, 1.165) is 34.3 Å². The predicted molar refractivity (Wildman–Crippen MR) is 84.5 cm³/mol. The minimum atomic E-state index is 0.106. The second kappa shape index (κ2) is 7.16. The molecule has 0 amide bonds. The van der Waals surface area contributed by atoms with Crippen LogP contribution in [-0.4, -0.2) is 13.7 Å². The van der Waals surface area contributed by atoms with Gasteiger partial charge < -0.3 is 14.5 Å². The molecule has 2 rings (SSSR count). The van der Waals surface area contributed by atoms with Gasteiger partial charge in [0, 0.05) is 16.1 Å². The lowest BCUT2D eigenvalue weighted by atomic mass is 10.0. The first-order chi connectivity index (χ1) is 9.65. The normalized spacial score (nSPS) is 12.4. The van der Waals surface area contributed by atoms with Crippen molar-refractivity contribution < 1.29 is 9.15 Å². The number of hydrogen-bond acceptors (Lipinski definition) is 3. The second-order valence-corrected chi connectivity index (χ2v) is 5.62. The third-order valence-electron chi connectivity index (χ3n) is 3.15. The number of hydrogen-bond donors (Lipinski definition) is 1. The fourth-order valence-corrected chi connectivity index (χ4v) is 2.80. The summed E-state index contributed by atoms with van der Waals surface area (Å²) < 4.78 is 11.5. The summed E-state index contributed by atoms with van der Waals surface area (Å²) in [6.07, 6.45) is 2.41. The van der Waals surface area contributed by atoms with Gasteiger partial charge in [-0.3, -0.25) is 0 Å².